The van der Waals surface area contributed by atoms with Gasteiger partial charge in [-0.3, -0.25) is 0 Å². The lowest BCUT2D eigenvalue weighted by Gasteiger charge is -2.30. The molecular formula is C16H26N2O. The fraction of sp³-hybridized carbons (Fsp3) is 0.688. The van der Waals surface area contributed by atoms with Crippen molar-refractivity contribution in [2.45, 2.75) is 46.6 Å². The van der Waals surface area contributed by atoms with Crippen LogP contribution in [-0.2, 0) is 6.61 Å². The molecule has 2 rings (SSSR count). The summed E-state index contributed by atoms with van der Waals surface area (Å²) in [5.74, 6) is 1.75. The Labute approximate surface area is 116 Å². The molecule has 0 bridgehead atoms. The van der Waals surface area contributed by atoms with Crippen LogP contribution < -0.4 is 4.90 Å². The highest BCUT2D eigenvalue weighted by atomic mass is 16.3. The number of aliphatic hydroxyl groups excluding tert-OH is 1. The average molecular weight is 262 g/mol. The van der Waals surface area contributed by atoms with Gasteiger partial charge in [-0.05, 0) is 36.7 Å². The number of aliphatic hydroxyl groups is 1. The number of pyridine rings is 1. The van der Waals surface area contributed by atoms with Gasteiger partial charge in [0.2, 0.25) is 0 Å². The Morgan fingerprint density at radius 1 is 1.32 bits per heavy atom. The fourth-order valence-electron chi connectivity index (χ4n) is 3.01. The molecule has 106 valence electrons. The first kappa shape index (κ1) is 14.3. The molecule has 1 fully saturated rings. The molecule has 0 aliphatic carbocycles. The van der Waals surface area contributed by atoms with E-state index in [0.29, 0.717) is 5.41 Å². The van der Waals surface area contributed by atoms with Gasteiger partial charge in [-0.25, -0.2) is 4.98 Å². The molecule has 1 N–H and O–H groups in total. The van der Waals surface area contributed by atoms with Gasteiger partial charge in [0.05, 0.1) is 6.61 Å². The lowest BCUT2D eigenvalue weighted by Crippen LogP contribution is -2.27. The van der Waals surface area contributed by atoms with E-state index in [1.807, 2.05) is 18.3 Å². The molecule has 0 spiro atoms. The summed E-state index contributed by atoms with van der Waals surface area (Å²) in [5.41, 5.74) is 1.33. The third kappa shape index (κ3) is 3.47. The summed E-state index contributed by atoms with van der Waals surface area (Å²) in [6, 6.07) is 3.86. The molecule has 2 heterocycles. The quantitative estimate of drug-likeness (QED) is 0.889. The number of rotatable bonds is 2. The maximum Gasteiger partial charge on any atom is 0.134 e. The molecule has 1 aliphatic rings. The van der Waals surface area contributed by atoms with Crippen molar-refractivity contribution in [2.24, 2.45) is 11.3 Å². The van der Waals surface area contributed by atoms with E-state index in [-0.39, 0.29) is 6.61 Å². The second-order valence-corrected chi connectivity index (χ2v) is 6.63. The average Bonchev–Trinajstić information content (AvgIpc) is 2.64. The predicted molar refractivity (Wildman–Crippen MR) is 79.2 cm³/mol. The van der Waals surface area contributed by atoms with E-state index in [1.165, 1.54) is 19.3 Å². The topological polar surface area (TPSA) is 36.4 Å². The van der Waals surface area contributed by atoms with E-state index in [2.05, 4.69) is 30.7 Å². The molecule has 1 aliphatic heterocycles. The van der Waals surface area contributed by atoms with Gasteiger partial charge < -0.3 is 10.0 Å². The predicted octanol–water partition coefficient (Wildman–Crippen LogP) is 3.23. The molecule has 3 nitrogen and oxygen atoms in total. The van der Waals surface area contributed by atoms with Gasteiger partial charge in [-0.2, -0.15) is 0 Å². The van der Waals surface area contributed by atoms with E-state index in [1.54, 1.807) is 0 Å². The number of nitrogens with zero attached hydrogens (tertiary/aromatic N) is 2. The Hall–Kier alpha value is -1.09. The normalized spacial score (nSPS) is 21.3. The number of hydrogen-bond donors (Lipinski definition) is 1. The standard InChI is InChI=1S/C16H26N2O/c1-16(2,3)14-7-5-10-18(11-8-14)15-13(12-19)6-4-9-17-15/h4,6,9,14,19H,5,7-8,10-12H2,1-3H3. The summed E-state index contributed by atoms with van der Waals surface area (Å²) in [5, 5.41) is 9.43. The van der Waals surface area contributed by atoms with Gasteiger partial charge in [-0.15, -0.1) is 0 Å². The van der Waals surface area contributed by atoms with Crippen LogP contribution >= 0.6 is 0 Å². The Morgan fingerprint density at radius 3 is 2.79 bits per heavy atom. The van der Waals surface area contributed by atoms with Gasteiger partial charge >= 0.3 is 0 Å². The lowest BCUT2D eigenvalue weighted by atomic mass is 9.77. The van der Waals surface area contributed by atoms with Crippen molar-refractivity contribution in [3.8, 4) is 0 Å². The minimum atomic E-state index is 0.0718. The summed E-state index contributed by atoms with van der Waals surface area (Å²) < 4.78 is 0. The van der Waals surface area contributed by atoms with Crippen molar-refractivity contribution >= 4 is 5.82 Å². The minimum absolute atomic E-state index is 0.0718. The summed E-state index contributed by atoms with van der Waals surface area (Å²) >= 11 is 0. The van der Waals surface area contributed by atoms with Crippen LogP contribution in [-0.4, -0.2) is 23.2 Å². The Bertz CT molecular complexity index is 411. The van der Waals surface area contributed by atoms with Gasteiger partial charge in [0, 0.05) is 24.8 Å². The second kappa shape index (κ2) is 5.91. The zero-order valence-corrected chi connectivity index (χ0v) is 12.4. The van der Waals surface area contributed by atoms with Crippen LogP contribution in [0.3, 0.4) is 0 Å². The van der Waals surface area contributed by atoms with Gasteiger partial charge in [0.25, 0.3) is 0 Å². The van der Waals surface area contributed by atoms with E-state index in [4.69, 9.17) is 0 Å². The first-order valence-electron chi connectivity index (χ1n) is 7.32. The smallest absolute Gasteiger partial charge is 0.134 e. The molecule has 1 saturated heterocycles. The highest BCUT2D eigenvalue weighted by molar-refractivity contribution is 5.46. The van der Waals surface area contributed by atoms with E-state index in [9.17, 15) is 5.11 Å². The van der Waals surface area contributed by atoms with Crippen molar-refractivity contribution in [2.75, 3.05) is 18.0 Å². The first-order valence-corrected chi connectivity index (χ1v) is 7.32. The maximum atomic E-state index is 9.43. The second-order valence-electron chi connectivity index (χ2n) is 6.63. The van der Waals surface area contributed by atoms with Crippen LogP contribution in [0.2, 0.25) is 0 Å². The molecule has 1 atom stereocenters. The van der Waals surface area contributed by atoms with Gasteiger partial charge in [0.15, 0.2) is 0 Å². The van der Waals surface area contributed by atoms with E-state index < -0.39 is 0 Å². The Balaban J connectivity index is 2.11. The van der Waals surface area contributed by atoms with Crippen molar-refractivity contribution < 1.29 is 5.11 Å². The van der Waals surface area contributed by atoms with Gasteiger partial charge in [-0.1, -0.05) is 26.8 Å². The molecule has 19 heavy (non-hydrogen) atoms. The van der Waals surface area contributed by atoms with Crippen LogP contribution in [0.15, 0.2) is 18.3 Å². The third-order valence-electron chi connectivity index (χ3n) is 4.29. The molecule has 0 aromatic carbocycles. The Morgan fingerprint density at radius 2 is 2.11 bits per heavy atom. The first-order chi connectivity index (χ1) is 9.02. The number of aromatic nitrogens is 1. The Kier molecular flexibility index (Phi) is 4.46. The SMILES string of the molecule is CC(C)(C)C1CCCN(c2ncccc2CO)CC1. The fourth-order valence-corrected chi connectivity index (χ4v) is 3.01. The summed E-state index contributed by atoms with van der Waals surface area (Å²) in [6.45, 7) is 9.19. The zero-order chi connectivity index (χ0) is 13.9. The van der Waals surface area contributed by atoms with Crippen LogP contribution in [0.4, 0.5) is 5.82 Å². The third-order valence-corrected chi connectivity index (χ3v) is 4.29. The molecule has 3 heteroatoms. The maximum absolute atomic E-state index is 9.43. The van der Waals surface area contributed by atoms with Crippen molar-refractivity contribution in [1.82, 2.24) is 4.98 Å². The van der Waals surface area contributed by atoms with E-state index in [0.717, 1.165) is 30.4 Å². The van der Waals surface area contributed by atoms with Crippen LogP contribution in [0.1, 0.15) is 45.6 Å². The molecule has 1 unspecified atom stereocenters. The molecule has 1 aromatic rings. The van der Waals surface area contributed by atoms with Gasteiger partial charge in [0.1, 0.15) is 5.82 Å². The van der Waals surface area contributed by atoms with Crippen molar-refractivity contribution in [1.29, 1.82) is 0 Å². The summed E-state index contributed by atoms with van der Waals surface area (Å²) in [7, 11) is 0. The summed E-state index contributed by atoms with van der Waals surface area (Å²) in [6.07, 6.45) is 5.54. The minimum Gasteiger partial charge on any atom is -0.392 e. The molecule has 0 saturated carbocycles. The highest BCUT2D eigenvalue weighted by Gasteiger charge is 2.27. The van der Waals surface area contributed by atoms with Crippen LogP contribution in [0.5, 0.6) is 0 Å². The molecular weight excluding hydrogens is 236 g/mol. The van der Waals surface area contributed by atoms with Crippen LogP contribution in [0, 0.1) is 11.3 Å². The van der Waals surface area contributed by atoms with Crippen LogP contribution in [0.25, 0.3) is 0 Å². The monoisotopic (exact) mass is 262 g/mol. The zero-order valence-electron chi connectivity index (χ0n) is 12.4. The molecule has 0 amide bonds. The van der Waals surface area contributed by atoms with Crippen molar-refractivity contribution in [3.05, 3.63) is 23.9 Å². The van der Waals surface area contributed by atoms with Crippen molar-refractivity contribution in [3.63, 3.8) is 0 Å². The number of hydrogen-bond acceptors (Lipinski definition) is 3. The lowest BCUT2D eigenvalue weighted by molar-refractivity contribution is 0.220. The van der Waals surface area contributed by atoms with E-state index >= 15 is 0 Å². The number of anilines is 1. The molecule has 1 aromatic heterocycles. The molecule has 0 radical (unpaired) electrons. The summed E-state index contributed by atoms with van der Waals surface area (Å²) in [4.78, 5) is 6.81. The highest BCUT2D eigenvalue weighted by Crippen LogP contribution is 2.35. The largest absolute Gasteiger partial charge is 0.392 e.